The van der Waals surface area contributed by atoms with Gasteiger partial charge in [-0.15, -0.1) is 0 Å². The fraction of sp³-hybridized carbons (Fsp3) is 0.455. The first kappa shape index (κ1) is 18.7. The zero-order valence-corrected chi connectivity index (χ0v) is 16.3. The monoisotopic (exact) mass is 381 g/mol. The molecule has 148 valence electrons. The zero-order chi connectivity index (χ0) is 19.5. The number of carbonyl (C=O) groups is 2. The molecule has 2 aromatic rings. The predicted molar refractivity (Wildman–Crippen MR) is 106 cm³/mol. The number of H-pyrrole nitrogens is 1. The van der Waals surface area contributed by atoms with Crippen molar-refractivity contribution in [2.75, 3.05) is 20.2 Å². The molecule has 2 N–H and O–H groups in total. The lowest BCUT2D eigenvalue weighted by molar-refractivity contribution is -0.121. The van der Waals surface area contributed by atoms with Crippen molar-refractivity contribution in [3.63, 3.8) is 0 Å². The Hall–Kier alpha value is -2.60. The minimum Gasteiger partial charge on any atom is -0.376 e. The maximum Gasteiger partial charge on any atom is 0.271 e. The second kappa shape index (κ2) is 8.19. The van der Waals surface area contributed by atoms with Gasteiger partial charge in [-0.05, 0) is 41.5 Å². The van der Waals surface area contributed by atoms with Gasteiger partial charge in [-0.1, -0.05) is 30.7 Å². The van der Waals surface area contributed by atoms with Crippen LogP contribution in [0.25, 0.3) is 0 Å². The summed E-state index contributed by atoms with van der Waals surface area (Å²) in [6, 6.07) is 10.3. The molecule has 0 atom stereocenters. The van der Waals surface area contributed by atoms with E-state index >= 15 is 0 Å². The molecule has 0 spiro atoms. The molecule has 1 aliphatic heterocycles. The number of amides is 2. The van der Waals surface area contributed by atoms with Gasteiger partial charge in [0.1, 0.15) is 12.2 Å². The number of hydrogen-bond acceptors (Lipinski definition) is 3. The summed E-state index contributed by atoms with van der Waals surface area (Å²) >= 11 is 0. The van der Waals surface area contributed by atoms with Crippen molar-refractivity contribution >= 4 is 11.8 Å². The minimum absolute atomic E-state index is 0.0277. The Balaban J connectivity index is 1.51. The summed E-state index contributed by atoms with van der Waals surface area (Å²) in [5.74, 6) is 0.338. The highest BCUT2D eigenvalue weighted by Gasteiger charge is 2.24. The van der Waals surface area contributed by atoms with E-state index in [1.165, 1.54) is 24.8 Å². The first-order chi connectivity index (χ1) is 13.6. The highest BCUT2D eigenvalue weighted by atomic mass is 16.5. The van der Waals surface area contributed by atoms with Crippen LogP contribution < -0.4 is 5.32 Å². The van der Waals surface area contributed by atoms with Crippen molar-refractivity contribution in [3.8, 4) is 0 Å². The van der Waals surface area contributed by atoms with Gasteiger partial charge < -0.3 is 19.9 Å². The topological polar surface area (TPSA) is 74.4 Å². The lowest BCUT2D eigenvalue weighted by Crippen LogP contribution is -2.39. The lowest BCUT2D eigenvalue weighted by atomic mass is 9.80. The second-order valence-electron chi connectivity index (χ2n) is 7.69. The standard InChI is InChI=1S/C22H27N3O3/c1-23-21(26)13-25(12-15-5-7-17(8-6-15)16-3-2-4-16)22(27)20-11-18-14-28-10-9-19(18)24-20/h5-8,11,16,24H,2-4,9-10,12-14H2,1H3,(H,23,26). The van der Waals surface area contributed by atoms with Gasteiger partial charge in [0.05, 0.1) is 13.2 Å². The van der Waals surface area contributed by atoms with Crippen LogP contribution in [-0.4, -0.2) is 41.9 Å². The third-order valence-corrected chi connectivity index (χ3v) is 5.81. The van der Waals surface area contributed by atoms with Gasteiger partial charge in [0, 0.05) is 25.7 Å². The zero-order valence-electron chi connectivity index (χ0n) is 16.3. The number of nitrogens with zero attached hydrogens (tertiary/aromatic N) is 1. The van der Waals surface area contributed by atoms with Crippen molar-refractivity contribution in [1.82, 2.24) is 15.2 Å². The Kier molecular flexibility index (Phi) is 5.48. The normalized spacial score (nSPS) is 16.2. The SMILES string of the molecule is CNC(=O)CN(Cc1ccc(C2CCC2)cc1)C(=O)c1cc2c([nH]1)CCOC2. The molecule has 4 rings (SSSR count). The van der Waals surface area contributed by atoms with Crippen LogP contribution in [0.5, 0.6) is 0 Å². The second-order valence-corrected chi connectivity index (χ2v) is 7.69. The number of aromatic amines is 1. The summed E-state index contributed by atoms with van der Waals surface area (Å²) in [4.78, 5) is 29.9. The Morgan fingerprint density at radius 1 is 1.25 bits per heavy atom. The Labute approximate surface area is 165 Å². The van der Waals surface area contributed by atoms with Gasteiger partial charge in [0.25, 0.3) is 5.91 Å². The Morgan fingerprint density at radius 3 is 2.68 bits per heavy atom. The van der Waals surface area contributed by atoms with Crippen LogP contribution in [0.1, 0.15) is 58.1 Å². The Morgan fingerprint density at radius 2 is 2.04 bits per heavy atom. The molecule has 1 fully saturated rings. The molecular weight excluding hydrogens is 354 g/mol. The van der Waals surface area contributed by atoms with Crippen molar-refractivity contribution in [2.45, 2.75) is 44.8 Å². The maximum absolute atomic E-state index is 13.1. The van der Waals surface area contributed by atoms with Crippen LogP contribution in [0.2, 0.25) is 0 Å². The van der Waals surface area contributed by atoms with Gasteiger partial charge >= 0.3 is 0 Å². The number of ether oxygens (including phenoxy) is 1. The molecule has 0 saturated heterocycles. The summed E-state index contributed by atoms with van der Waals surface area (Å²) in [5, 5.41) is 2.61. The molecule has 2 aliphatic rings. The van der Waals surface area contributed by atoms with Crippen molar-refractivity contribution < 1.29 is 14.3 Å². The molecule has 1 saturated carbocycles. The van der Waals surface area contributed by atoms with Gasteiger partial charge in [0.15, 0.2) is 0 Å². The summed E-state index contributed by atoms with van der Waals surface area (Å²) in [5.41, 5.74) is 5.00. The van der Waals surface area contributed by atoms with Gasteiger partial charge in [-0.2, -0.15) is 0 Å². The van der Waals surface area contributed by atoms with E-state index in [0.717, 1.165) is 23.2 Å². The van der Waals surface area contributed by atoms with Gasteiger partial charge in [-0.3, -0.25) is 9.59 Å². The van der Waals surface area contributed by atoms with E-state index in [2.05, 4.69) is 34.6 Å². The van der Waals surface area contributed by atoms with Crippen molar-refractivity contribution in [3.05, 3.63) is 58.4 Å². The third-order valence-electron chi connectivity index (χ3n) is 5.81. The van der Waals surface area contributed by atoms with Crippen LogP contribution in [0, 0.1) is 0 Å². The molecule has 6 nitrogen and oxygen atoms in total. The largest absolute Gasteiger partial charge is 0.376 e. The average Bonchev–Trinajstić information content (AvgIpc) is 3.11. The number of fused-ring (bicyclic) bond motifs is 1. The molecule has 1 aromatic heterocycles. The molecule has 0 unspecified atom stereocenters. The first-order valence-electron chi connectivity index (χ1n) is 10.0. The van der Waals surface area contributed by atoms with Crippen LogP contribution in [0.15, 0.2) is 30.3 Å². The van der Waals surface area contributed by atoms with E-state index in [1.807, 2.05) is 6.07 Å². The highest BCUT2D eigenvalue weighted by molar-refractivity contribution is 5.95. The fourth-order valence-electron chi connectivity index (χ4n) is 3.84. The number of rotatable bonds is 6. The van der Waals surface area contributed by atoms with Crippen LogP contribution in [0.3, 0.4) is 0 Å². The summed E-state index contributed by atoms with van der Waals surface area (Å²) in [6.07, 6.45) is 4.62. The van der Waals surface area contributed by atoms with Gasteiger partial charge in [-0.25, -0.2) is 0 Å². The summed E-state index contributed by atoms with van der Waals surface area (Å²) in [7, 11) is 1.59. The summed E-state index contributed by atoms with van der Waals surface area (Å²) < 4.78 is 5.46. The number of benzene rings is 1. The molecule has 2 amide bonds. The minimum atomic E-state index is -0.181. The molecule has 0 radical (unpaired) electrons. The third kappa shape index (κ3) is 3.97. The molecule has 6 heteroatoms. The Bertz CT molecular complexity index is 829. The maximum atomic E-state index is 13.1. The van der Waals surface area contributed by atoms with E-state index < -0.39 is 0 Å². The van der Waals surface area contributed by atoms with E-state index in [1.54, 1.807) is 11.9 Å². The summed E-state index contributed by atoms with van der Waals surface area (Å²) in [6.45, 7) is 1.62. The highest BCUT2D eigenvalue weighted by Crippen LogP contribution is 2.36. The van der Waals surface area contributed by atoms with Crippen molar-refractivity contribution in [2.24, 2.45) is 0 Å². The van der Waals surface area contributed by atoms with Crippen LogP contribution in [0.4, 0.5) is 0 Å². The van der Waals surface area contributed by atoms with E-state index in [9.17, 15) is 9.59 Å². The quantitative estimate of drug-likeness (QED) is 0.808. The predicted octanol–water partition coefficient (Wildman–Crippen LogP) is 2.74. The number of aromatic nitrogens is 1. The lowest BCUT2D eigenvalue weighted by Gasteiger charge is -2.26. The van der Waals surface area contributed by atoms with Crippen LogP contribution in [-0.2, 0) is 29.1 Å². The molecule has 0 bridgehead atoms. The number of nitrogens with one attached hydrogen (secondary N) is 2. The van der Waals surface area contributed by atoms with Crippen molar-refractivity contribution in [1.29, 1.82) is 0 Å². The molecule has 1 aromatic carbocycles. The molecule has 2 heterocycles. The smallest absolute Gasteiger partial charge is 0.271 e. The number of carbonyl (C=O) groups excluding carboxylic acids is 2. The number of likely N-dealkylation sites (N-methyl/N-ethyl adjacent to an activating group) is 1. The van der Waals surface area contributed by atoms with Crippen LogP contribution >= 0.6 is 0 Å². The van der Waals surface area contributed by atoms with E-state index in [-0.39, 0.29) is 18.4 Å². The molecule has 1 aliphatic carbocycles. The number of hydrogen-bond donors (Lipinski definition) is 2. The van der Waals surface area contributed by atoms with Gasteiger partial charge in [0.2, 0.25) is 5.91 Å². The van der Waals surface area contributed by atoms with E-state index in [4.69, 9.17) is 4.74 Å². The fourth-order valence-corrected chi connectivity index (χ4v) is 3.84. The average molecular weight is 381 g/mol. The first-order valence-corrected chi connectivity index (χ1v) is 10.0. The molecule has 28 heavy (non-hydrogen) atoms. The molecular formula is C22H27N3O3. The van der Waals surface area contributed by atoms with E-state index in [0.29, 0.717) is 31.4 Å².